The molecule has 0 saturated carbocycles. The van der Waals surface area contributed by atoms with E-state index in [-0.39, 0.29) is 6.04 Å². The van der Waals surface area contributed by atoms with Crippen LogP contribution in [0.3, 0.4) is 0 Å². The van der Waals surface area contributed by atoms with E-state index in [1.54, 1.807) is 0 Å². The highest BCUT2D eigenvalue weighted by atomic mass is 32.2. The zero-order valence-corrected chi connectivity index (χ0v) is 13.1. The third-order valence-corrected chi connectivity index (χ3v) is 6.01. The standard InChI is InChI=1S/C12H23N3O2S2/c1-2-4-13-12(18)15-7-5-14(6-8-15)11-3-9-19(16,17)10-11/h11H,2-10H2,1H3,(H,13,18)/t11-/m1/s1. The lowest BCUT2D eigenvalue weighted by molar-refractivity contribution is 0.142. The van der Waals surface area contributed by atoms with E-state index < -0.39 is 9.84 Å². The van der Waals surface area contributed by atoms with Crippen LogP contribution in [-0.4, -0.2) is 73.6 Å². The van der Waals surface area contributed by atoms with Gasteiger partial charge in [-0.2, -0.15) is 0 Å². The average molecular weight is 305 g/mol. The Kier molecular flexibility index (Phi) is 5.03. The predicted molar refractivity (Wildman–Crippen MR) is 81.1 cm³/mol. The van der Waals surface area contributed by atoms with E-state index in [1.807, 2.05) is 0 Å². The van der Waals surface area contributed by atoms with Gasteiger partial charge in [-0.3, -0.25) is 4.90 Å². The fraction of sp³-hybridized carbons (Fsp3) is 0.917. The Morgan fingerprint density at radius 2 is 2.00 bits per heavy atom. The average Bonchev–Trinajstić information content (AvgIpc) is 2.76. The highest BCUT2D eigenvalue weighted by Gasteiger charge is 2.33. The van der Waals surface area contributed by atoms with Crippen molar-refractivity contribution in [1.29, 1.82) is 0 Å². The molecule has 2 heterocycles. The van der Waals surface area contributed by atoms with Gasteiger partial charge in [-0.15, -0.1) is 0 Å². The van der Waals surface area contributed by atoms with Gasteiger partial charge in [-0.05, 0) is 25.1 Å². The van der Waals surface area contributed by atoms with Crippen LogP contribution in [0.5, 0.6) is 0 Å². The van der Waals surface area contributed by atoms with E-state index in [0.29, 0.717) is 11.5 Å². The second-order valence-corrected chi connectivity index (χ2v) is 7.93. The first kappa shape index (κ1) is 15.0. The van der Waals surface area contributed by atoms with Crippen LogP contribution >= 0.6 is 12.2 Å². The second-order valence-electron chi connectivity index (χ2n) is 5.31. The van der Waals surface area contributed by atoms with Crippen LogP contribution in [-0.2, 0) is 9.84 Å². The molecule has 0 aliphatic carbocycles. The summed E-state index contributed by atoms with van der Waals surface area (Å²) in [7, 11) is -2.78. The first-order valence-corrected chi connectivity index (χ1v) is 9.22. The summed E-state index contributed by atoms with van der Waals surface area (Å²) in [4.78, 5) is 4.49. The van der Waals surface area contributed by atoms with Crippen molar-refractivity contribution >= 4 is 27.2 Å². The van der Waals surface area contributed by atoms with Crippen molar-refractivity contribution in [2.45, 2.75) is 25.8 Å². The molecular formula is C12H23N3O2S2. The maximum absolute atomic E-state index is 11.5. The summed E-state index contributed by atoms with van der Waals surface area (Å²) >= 11 is 5.35. The van der Waals surface area contributed by atoms with Crippen molar-refractivity contribution in [3.63, 3.8) is 0 Å². The normalized spacial score (nSPS) is 27.4. The number of hydrogen-bond acceptors (Lipinski definition) is 4. The summed E-state index contributed by atoms with van der Waals surface area (Å²) in [6, 6.07) is 0.226. The molecule has 2 aliphatic heterocycles. The van der Waals surface area contributed by atoms with E-state index in [0.717, 1.165) is 50.7 Å². The molecule has 1 atom stereocenters. The van der Waals surface area contributed by atoms with E-state index in [9.17, 15) is 8.42 Å². The molecule has 0 aromatic carbocycles. The number of nitrogens with zero attached hydrogens (tertiary/aromatic N) is 2. The Bertz CT molecular complexity index is 417. The molecule has 0 spiro atoms. The summed E-state index contributed by atoms with van der Waals surface area (Å²) in [6.07, 6.45) is 1.86. The zero-order valence-electron chi connectivity index (χ0n) is 11.5. The summed E-state index contributed by atoms with van der Waals surface area (Å²) in [5, 5.41) is 4.08. The summed E-state index contributed by atoms with van der Waals surface area (Å²) in [5.41, 5.74) is 0. The van der Waals surface area contributed by atoms with Crippen LogP contribution in [0.4, 0.5) is 0 Å². The topological polar surface area (TPSA) is 52.6 Å². The Balaban J connectivity index is 1.78. The summed E-state index contributed by atoms with van der Waals surface area (Å²) < 4.78 is 23.0. The third kappa shape index (κ3) is 4.03. The van der Waals surface area contributed by atoms with Crippen molar-refractivity contribution in [2.75, 3.05) is 44.2 Å². The van der Waals surface area contributed by atoms with Gasteiger partial charge in [0, 0.05) is 38.8 Å². The lowest BCUT2D eigenvalue weighted by Crippen LogP contribution is -2.54. The van der Waals surface area contributed by atoms with Crippen molar-refractivity contribution in [3.8, 4) is 0 Å². The van der Waals surface area contributed by atoms with E-state index in [1.165, 1.54) is 0 Å². The number of nitrogens with one attached hydrogen (secondary N) is 1. The molecule has 19 heavy (non-hydrogen) atoms. The lowest BCUT2D eigenvalue weighted by Gasteiger charge is -2.38. The Morgan fingerprint density at radius 1 is 1.32 bits per heavy atom. The van der Waals surface area contributed by atoms with Crippen LogP contribution in [0.15, 0.2) is 0 Å². The highest BCUT2D eigenvalue weighted by Crippen LogP contribution is 2.19. The maximum atomic E-state index is 11.5. The van der Waals surface area contributed by atoms with Crippen molar-refractivity contribution in [3.05, 3.63) is 0 Å². The molecule has 1 N–H and O–H groups in total. The molecule has 7 heteroatoms. The molecule has 2 fully saturated rings. The van der Waals surface area contributed by atoms with Crippen LogP contribution < -0.4 is 5.32 Å². The van der Waals surface area contributed by atoms with Crippen molar-refractivity contribution < 1.29 is 8.42 Å². The first-order chi connectivity index (χ1) is 9.02. The predicted octanol–water partition coefficient (Wildman–Crippen LogP) is 0.0756. The van der Waals surface area contributed by atoms with Crippen LogP contribution in [0.2, 0.25) is 0 Å². The third-order valence-electron chi connectivity index (χ3n) is 3.85. The maximum Gasteiger partial charge on any atom is 0.169 e. The van der Waals surface area contributed by atoms with E-state index in [4.69, 9.17) is 12.2 Å². The van der Waals surface area contributed by atoms with Gasteiger partial charge in [-0.1, -0.05) is 6.92 Å². The Labute approximate surface area is 121 Å². The number of thiocarbonyl (C=S) groups is 1. The molecule has 0 unspecified atom stereocenters. The summed E-state index contributed by atoms with van der Waals surface area (Å²) in [5.74, 6) is 0.694. The first-order valence-electron chi connectivity index (χ1n) is 6.99. The van der Waals surface area contributed by atoms with Crippen molar-refractivity contribution in [2.24, 2.45) is 0 Å². The molecule has 0 aromatic rings. The fourth-order valence-electron chi connectivity index (χ4n) is 2.70. The highest BCUT2D eigenvalue weighted by molar-refractivity contribution is 7.91. The van der Waals surface area contributed by atoms with Gasteiger partial charge in [0.05, 0.1) is 11.5 Å². The smallest absolute Gasteiger partial charge is 0.169 e. The molecule has 5 nitrogen and oxygen atoms in total. The molecular weight excluding hydrogens is 282 g/mol. The number of piperazine rings is 1. The molecule has 0 radical (unpaired) electrons. The van der Waals surface area contributed by atoms with Gasteiger partial charge in [0.25, 0.3) is 0 Å². The van der Waals surface area contributed by atoms with Gasteiger partial charge in [-0.25, -0.2) is 8.42 Å². The largest absolute Gasteiger partial charge is 0.363 e. The number of rotatable bonds is 3. The molecule has 2 aliphatic rings. The zero-order chi connectivity index (χ0) is 13.9. The lowest BCUT2D eigenvalue weighted by atomic mass is 10.2. The molecule has 0 amide bonds. The SMILES string of the molecule is CCCNC(=S)N1CCN([C@@H]2CCS(=O)(=O)C2)CC1. The monoisotopic (exact) mass is 305 g/mol. The molecule has 2 saturated heterocycles. The van der Waals surface area contributed by atoms with Crippen LogP contribution in [0.1, 0.15) is 19.8 Å². The molecule has 2 rings (SSSR count). The van der Waals surface area contributed by atoms with Gasteiger partial charge in [0.2, 0.25) is 0 Å². The minimum absolute atomic E-state index is 0.226. The quantitative estimate of drug-likeness (QED) is 0.745. The minimum Gasteiger partial charge on any atom is -0.363 e. The number of sulfone groups is 1. The van der Waals surface area contributed by atoms with Crippen molar-refractivity contribution in [1.82, 2.24) is 15.1 Å². The van der Waals surface area contributed by atoms with Gasteiger partial charge in [0.1, 0.15) is 0 Å². The van der Waals surface area contributed by atoms with E-state index in [2.05, 4.69) is 22.0 Å². The molecule has 0 aromatic heterocycles. The Hall–Kier alpha value is -0.400. The molecule has 110 valence electrons. The molecule has 0 bridgehead atoms. The van der Waals surface area contributed by atoms with E-state index >= 15 is 0 Å². The van der Waals surface area contributed by atoms with Gasteiger partial charge < -0.3 is 10.2 Å². The fourth-order valence-corrected chi connectivity index (χ4v) is 4.74. The summed E-state index contributed by atoms with van der Waals surface area (Å²) in [6.45, 7) is 6.65. The minimum atomic E-state index is -2.78. The van der Waals surface area contributed by atoms with Gasteiger partial charge >= 0.3 is 0 Å². The Morgan fingerprint density at radius 3 is 2.53 bits per heavy atom. The number of hydrogen-bond donors (Lipinski definition) is 1. The van der Waals surface area contributed by atoms with Gasteiger partial charge in [0.15, 0.2) is 14.9 Å². The van der Waals surface area contributed by atoms with Crippen LogP contribution in [0, 0.1) is 0 Å². The van der Waals surface area contributed by atoms with Crippen LogP contribution in [0.25, 0.3) is 0 Å². The second kappa shape index (κ2) is 6.37.